The van der Waals surface area contributed by atoms with Gasteiger partial charge in [0.1, 0.15) is 0 Å². The molecule has 0 atom stereocenters. The number of nitrogens with zero attached hydrogens (tertiary/aromatic N) is 1. The first-order chi connectivity index (χ1) is 7.11. The Morgan fingerprint density at radius 1 is 1.27 bits per heavy atom. The second kappa shape index (κ2) is 3.63. The number of pyridine rings is 1. The van der Waals surface area contributed by atoms with Crippen molar-refractivity contribution >= 4 is 28.8 Å². The first kappa shape index (κ1) is 10.1. The highest BCUT2D eigenvalue weighted by Crippen LogP contribution is 2.24. The first-order valence-electron chi connectivity index (χ1n) is 4.64. The minimum Gasteiger partial charge on any atom is -0.298 e. The summed E-state index contributed by atoms with van der Waals surface area (Å²) in [5.74, 6) is 0. The fourth-order valence-corrected chi connectivity index (χ4v) is 1.99. The van der Waals surface area contributed by atoms with Crippen LogP contribution in [0.3, 0.4) is 0 Å². The lowest BCUT2D eigenvalue weighted by Crippen LogP contribution is -1.92. The van der Waals surface area contributed by atoms with E-state index in [9.17, 15) is 4.79 Å². The number of aromatic nitrogens is 1. The number of rotatable bonds is 1. The third-order valence-corrected chi connectivity index (χ3v) is 2.57. The lowest BCUT2D eigenvalue weighted by Gasteiger charge is -2.06. The van der Waals surface area contributed by atoms with Gasteiger partial charge in [-0.2, -0.15) is 0 Å². The third kappa shape index (κ3) is 1.73. The van der Waals surface area contributed by atoms with Crippen molar-refractivity contribution in [2.75, 3.05) is 0 Å². The van der Waals surface area contributed by atoms with Crippen LogP contribution < -0.4 is 0 Å². The molecule has 0 radical (unpaired) electrons. The third-order valence-electron chi connectivity index (χ3n) is 2.36. The van der Waals surface area contributed by atoms with Crippen molar-refractivity contribution in [1.82, 2.24) is 4.98 Å². The number of aryl methyl sites for hydroxylation is 2. The Hall–Kier alpha value is -1.41. The van der Waals surface area contributed by atoms with Crippen molar-refractivity contribution in [1.29, 1.82) is 0 Å². The Labute approximate surface area is 92.9 Å². The summed E-state index contributed by atoms with van der Waals surface area (Å²) >= 11 is 5.95. The molecule has 0 aliphatic heterocycles. The fourth-order valence-electron chi connectivity index (χ4n) is 1.71. The van der Waals surface area contributed by atoms with E-state index in [2.05, 4.69) is 4.98 Å². The predicted molar refractivity (Wildman–Crippen MR) is 61.6 cm³/mol. The number of halogens is 1. The molecule has 0 aliphatic carbocycles. The molecule has 1 aromatic heterocycles. The van der Waals surface area contributed by atoms with E-state index in [0.717, 1.165) is 28.4 Å². The molecule has 2 nitrogen and oxygen atoms in total. The summed E-state index contributed by atoms with van der Waals surface area (Å²) < 4.78 is 0. The molecule has 2 aromatic rings. The van der Waals surface area contributed by atoms with Crippen LogP contribution in [0.2, 0.25) is 5.02 Å². The van der Waals surface area contributed by atoms with Crippen LogP contribution in [0.25, 0.3) is 10.9 Å². The standard InChI is InChI=1S/C12H10ClNO/c1-7-3-10(13)5-11-9(6-15)4-8(2)14-12(7)11/h3-6H,1-2H3. The van der Waals surface area contributed by atoms with Crippen LogP contribution >= 0.6 is 11.6 Å². The molecule has 0 unspecified atom stereocenters. The predicted octanol–water partition coefficient (Wildman–Crippen LogP) is 3.32. The van der Waals surface area contributed by atoms with Gasteiger partial charge in [0.25, 0.3) is 0 Å². The van der Waals surface area contributed by atoms with Crippen LogP contribution in [0.4, 0.5) is 0 Å². The molecular weight excluding hydrogens is 210 g/mol. The van der Waals surface area contributed by atoms with E-state index >= 15 is 0 Å². The maximum absolute atomic E-state index is 10.9. The van der Waals surface area contributed by atoms with Crippen LogP contribution in [-0.4, -0.2) is 11.3 Å². The van der Waals surface area contributed by atoms with Gasteiger partial charge in [-0.25, -0.2) is 0 Å². The Bertz CT molecular complexity index is 549. The van der Waals surface area contributed by atoms with Crippen molar-refractivity contribution in [2.45, 2.75) is 13.8 Å². The van der Waals surface area contributed by atoms with Gasteiger partial charge in [-0.1, -0.05) is 11.6 Å². The molecule has 1 heterocycles. The van der Waals surface area contributed by atoms with Crippen LogP contribution in [0.15, 0.2) is 18.2 Å². The average molecular weight is 220 g/mol. The van der Waals surface area contributed by atoms with Gasteiger partial charge >= 0.3 is 0 Å². The number of hydrogen-bond donors (Lipinski definition) is 0. The molecule has 0 N–H and O–H groups in total. The van der Waals surface area contributed by atoms with Crippen molar-refractivity contribution < 1.29 is 4.79 Å². The maximum atomic E-state index is 10.9. The number of fused-ring (bicyclic) bond motifs is 1. The summed E-state index contributed by atoms with van der Waals surface area (Å²) in [4.78, 5) is 15.3. The molecule has 0 amide bonds. The average Bonchev–Trinajstić information content (AvgIpc) is 2.18. The summed E-state index contributed by atoms with van der Waals surface area (Å²) in [5.41, 5.74) is 3.32. The topological polar surface area (TPSA) is 30.0 Å². The lowest BCUT2D eigenvalue weighted by molar-refractivity contribution is 0.112. The SMILES string of the molecule is Cc1cc(C=O)c2cc(Cl)cc(C)c2n1. The molecule has 0 fully saturated rings. The summed E-state index contributed by atoms with van der Waals surface area (Å²) in [6.07, 6.45) is 0.840. The Balaban J connectivity index is 2.95. The van der Waals surface area contributed by atoms with Crippen LogP contribution in [0.5, 0.6) is 0 Å². The molecule has 3 heteroatoms. The maximum Gasteiger partial charge on any atom is 0.150 e. The minimum atomic E-state index is 0.633. The number of benzene rings is 1. The second-order valence-electron chi connectivity index (χ2n) is 3.59. The molecule has 76 valence electrons. The molecule has 2 rings (SSSR count). The van der Waals surface area contributed by atoms with E-state index in [0.29, 0.717) is 10.6 Å². The van der Waals surface area contributed by atoms with Gasteiger partial charge in [0.15, 0.2) is 6.29 Å². The fraction of sp³-hybridized carbons (Fsp3) is 0.167. The molecule has 0 spiro atoms. The number of hydrogen-bond acceptors (Lipinski definition) is 2. The zero-order chi connectivity index (χ0) is 11.0. The minimum absolute atomic E-state index is 0.633. The number of carbonyl (C=O) groups excluding carboxylic acids is 1. The van der Waals surface area contributed by atoms with Gasteiger partial charge in [0.05, 0.1) is 5.52 Å². The molecule has 15 heavy (non-hydrogen) atoms. The van der Waals surface area contributed by atoms with E-state index in [-0.39, 0.29) is 0 Å². The molecule has 0 saturated heterocycles. The van der Waals surface area contributed by atoms with Gasteiger partial charge in [-0.15, -0.1) is 0 Å². The van der Waals surface area contributed by atoms with Gasteiger partial charge in [-0.3, -0.25) is 9.78 Å². The molecule has 0 aliphatic rings. The number of aldehydes is 1. The zero-order valence-corrected chi connectivity index (χ0v) is 9.30. The van der Waals surface area contributed by atoms with Gasteiger partial charge in [0, 0.05) is 21.7 Å². The highest BCUT2D eigenvalue weighted by molar-refractivity contribution is 6.31. The monoisotopic (exact) mass is 219 g/mol. The zero-order valence-electron chi connectivity index (χ0n) is 8.54. The first-order valence-corrected chi connectivity index (χ1v) is 5.02. The van der Waals surface area contributed by atoms with E-state index in [1.807, 2.05) is 19.9 Å². The van der Waals surface area contributed by atoms with Crippen molar-refractivity contribution in [3.63, 3.8) is 0 Å². The van der Waals surface area contributed by atoms with Crippen molar-refractivity contribution in [3.8, 4) is 0 Å². The van der Waals surface area contributed by atoms with Gasteiger partial charge in [0.2, 0.25) is 0 Å². The van der Waals surface area contributed by atoms with Crippen LogP contribution in [0, 0.1) is 13.8 Å². The van der Waals surface area contributed by atoms with Gasteiger partial charge in [-0.05, 0) is 37.6 Å². The van der Waals surface area contributed by atoms with E-state index in [1.165, 1.54) is 0 Å². The van der Waals surface area contributed by atoms with Crippen molar-refractivity contribution in [3.05, 3.63) is 40.0 Å². The van der Waals surface area contributed by atoms with E-state index < -0.39 is 0 Å². The molecule has 1 aromatic carbocycles. The second-order valence-corrected chi connectivity index (χ2v) is 4.03. The molecular formula is C12H10ClNO. The van der Waals surface area contributed by atoms with E-state index in [4.69, 9.17) is 11.6 Å². The Morgan fingerprint density at radius 2 is 2.00 bits per heavy atom. The molecule has 0 saturated carbocycles. The van der Waals surface area contributed by atoms with Crippen LogP contribution in [0.1, 0.15) is 21.6 Å². The van der Waals surface area contributed by atoms with E-state index in [1.54, 1.807) is 12.1 Å². The summed E-state index contributed by atoms with van der Waals surface area (Å²) in [7, 11) is 0. The number of carbonyl (C=O) groups is 1. The smallest absolute Gasteiger partial charge is 0.150 e. The largest absolute Gasteiger partial charge is 0.298 e. The lowest BCUT2D eigenvalue weighted by atomic mass is 10.1. The van der Waals surface area contributed by atoms with Gasteiger partial charge < -0.3 is 0 Å². The quantitative estimate of drug-likeness (QED) is 0.689. The van der Waals surface area contributed by atoms with Crippen molar-refractivity contribution in [2.24, 2.45) is 0 Å². The molecule has 0 bridgehead atoms. The normalized spacial score (nSPS) is 10.6. The van der Waals surface area contributed by atoms with Crippen LogP contribution in [-0.2, 0) is 0 Å². The summed E-state index contributed by atoms with van der Waals surface area (Å²) in [5, 5.41) is 1.45. The highest BCUT2D eigenvalue weighted by Gasteiger charge is 2.06. The summed E-state index contributed by atoms with van der Waals surface area (Å²) in [6.45, 7) is 3.82. The highest BCUT2D eigenvalue weighted by atomic mass is 35.5. The summed E-state index contributed by atoms with van der Waals surface area (Å²) in [6, 6.07) is 5.40. The Morgan fingerprint density at radius 3 is 2.67 bits per heavy atom. The Kier molecular flexibility index (Phi) is 2.45.